The molecule has 0 aliphatic heterocycles. The van der Waals surface area contributed by atoms with Crippen LogP contribution in [0.25, 0.3) is 0 Å². The first-order chi connectivity index (χ1) is 11.6. The van der Waals surface area contributed by atoms with Gasteiger partial charge >= 0.3 is 0 Å². The molecule has 2 aliphatic carbocycles. The van der Waals surface area contributed by atoms with Crippen molar-refractivity contribution in [3.8, 4) is 0 Å². The maximum absolute atomic E-state index is 13.4. The summed E-state index contributed by atoms with van der Waals surface area (Å²) in [5.41, 5.74) is 0.633. The van der Waals surface area contributed by atoms with Crippen LogP contribution in [0.3, 0.4) is 0 Å². The van der Waals surface area contributed by atoms with Gasteiger partial charge in [-0.1, -0.05) is 39.0 Å². The fourth-order valence-corrected chi connectivity index (χ4v) is 4.89. The third-order valence-corrected chi connectivity index (χ3v) is 6.53. The van der Waals surface area contributed by atoms with E-state index in [1.165, 1.54) is 50.7 Å². The van der Waals surface area contributed by atoms with Crippen LogP contribution in [0.1, 0.15) is 82.6 Å². The van der Waals surface area contributed by atoms with E-state index in [-0.39, 0.29) is 5.92 Å². The first-order valence-corrected chi connectivity index (χ1v) is 9.71. The summed E-state index contributed by atoms with van der Waals surface area (Å²) in [6, 6.07) is 2.38. The average molecular weight is 338 g/mol. The molecule has 2 saturated carbocycles. The fraction of sp³-hybridized carbons (Fsp3) is 0.714. The van der Waals surface area contributed by atoms with Crippen LogP contribution in [0.4, 0.5) is 13.2 Å². The summed E-state index contributed by atoms with van der Waals surface area (Å²) >= 11 is 0. The normalized spacial score (nSPS) is 31.2. The zero-order chi connectivity index (χ0) is 17.1. The lowest BCUT2D eigenvalue weighted by Crippen LogP contribution is -2.20. The van der Waals surface area contributed by atoms with Crippen molar-refractivity contribution in [2.75, 3.05) is 0 Å². The predicted octanol–water partition coefficient (Wildman–Crippen LogP) is 6.98. The monoisotopic (exact) mass is 338 g/mol. The molecular weight excluding hydrogens is 309 g/mol. The molecule has 0 radical (unpaired) electrons. The van der Waals surface area contributed by atoms with E-state index in [0.29, 0.717) is 5.56 Å². The smallest absolute Gasteiger partial charge is 0.194 e. The molecule has 0 aromatic heterocycles. The van der Waals surface area contributed by atoms with Crippen molar-refractivity contribution >= 4 is 0 Å². The van der Waals surface area contributed by atoms with Gasteiger partial charge in [0.25, 0.3) is 0 Å². The quantitative estimate of drug-likeness (QED) is 0.519. The second-order valence-corrected chi connectivity index (χ2v) is 8.05. The molecule has 134 valence electrons. The topological polar surface area (TPSA) is 0 Å². The van der Waals surface area contributed by atoms with Gasteiger partial charge < -0.3 is 0 Å². The number of halogens is 3. The highest BCUT2D eigenvalue weighted by Crippen LogP contribution is 2.41. The first kappa shape index (κ1) is 17.8. The van der Waals surface area contributed by atoms with E-state index >= 15 is 0 Å². The highest BCUT2D eigenvalue weighted by molar-refractivity contribution is 5.23. The van der Waals surface area contributed by atoms with Crippen LogP contribution < -0.4 is 0 Å². The Hall–Kier alpha value is -0.990. The summed E-state index contributed by atoms with van der Waals surface area (Å²) in [4.78, 5) is 0. The molecule has 0 bridgehead atoms. The Balaban J connectivity index is 1.49. The minimum atomic E-state index is -1.35. The molecule has 3 heteroatoms. The van der Waals surface area contributed by atoms with Crippen molar-refractivity contribution in [1.82, 2.24) is 0 Å². The standard InChI is InChI=1S/C21H29F3/c1-2-14-3-5-15(6-4-14)11-16-7-9-17(10-8-16)18-12-19(22)21(24)20(23)13-18/h12-17H,2-11H2,1H3. The van der Waals surface area contributed by atoms with Crippen molar-refractivity contribution in [2.24, 2.45) is 17.8 Å². The van der Waals surface area contributed by atoms with Crippen molar-refractivity contribution in [1.29, 1.82) is 0 Å². The summed E-state index contributed by atoms with van der Waals surface area (Å²) in [5, 5.41) is 0. The number of rotatable bonds is 4. The van der Waals surface area contributed by atoms with E-state index in [2.05, 4.69) is 6.92 Å². The van der Waals surface area contributed by atoms with Gasteiger partial charge in [-0.15, -0.1) is 0 Å². The molecule has 0 spiro atoms. The number of hydrogen-bond donors (Lipinski definition) is 0. The molecular formula is C21H29F3. The SMILES string of the molecule is CCC1CCC(CC2CCC(c3cc(F)c(F)c(F)c3)CC2)CC1. The van der Waals surface area contributed by atoms with Crippen LogP contribution in [0.15, 0.2) is 12.1 Å². The van der Waals surface area contributed by atoms with Crippen LogP contribution >= 0.6 is 0 Å². The second kappa shape index (κ2) is 7.93. The summed E-state index contributed by atoms with van der Waals surface area (Å²) in [6.07, 6.45) is 12.4. The van der Waals surface area contributed by atoms with E-state index in [4.69, 9.17) is 0 Å². The van der Waals surface area contributed by atoms with E-state index in [9.17, 15) is 13.2 Å². The van der Waals surface area contributed by atoms with Gasteiger partial charge in [-0.3, -0.25) is 0 Å². The summed E-state index contributed by atoms with van der Waals surface area (Å²) in [7, 11) is 0. The molecule has 1 aromatic carbocycles. The fourth-order valence-electron chi connectivity index (χ4n) is 4.89. The maximum Gasteiger partial charge on any atom is 0.194 e. The highest BCUT2D eigenvalue weighted by Gasteiger charge is 2.28. The molecule has 0 amide bonds. The molecule has 0 heterocycles. The number of benzene rings is 1. The van der Waals surface area contributed by atoms with Gasteiger partial charge in [0.1, 0.15) is 0 Å². The van der Waals surface area contributed by atoms with Gasteiger partial charge in [0.2, 0.25) is 0 Å². The summed E-state index contributed by atoms with van der Waals surface area (Å²) in [5.74, 6) is -0.689. The van der Waals surface area contributed by atoms with Crippen LogP contribution in [0.5, 0.6) is 0 Å². The van der Waals surface area contributed by atoms with Gasteiger partial charge in [0.05, 0.1) is 0 Å². The highest BCUT2D eigenvalue weighted by atomic mass is 19.2. The molecule has 0 atom stereocenters. The van der Waals surface area contributed by atoms with E-state index in [0.717, 1.165) is 43.4 Å². The molecule has 2 fully saturated rings. The lowest BCUT2D eigenvalue weighted by Gasteiger charge is -2.34. The lowest BCUT2D eigenvalue weighted by atomic mass is 9.72. The molecule has 0 N–H and O–H groups in total. The maximum atomic E-state index is 13.4. The van der Waals surface area contributed by atoms with E-state index in [1.54, 1.807) is 0 Å². The summed E-state index contributed by atoms with van der Waals surface area (Å²) in [6.45, 7) is 2.30. The Labute approximate surface area is 143 Å². The van der Waals surface area contributed by atoms with Crippen molar-refractivity contribution in [3.63, 3.8) is 0 Å². The van der Waals surface area contributed by atoms with Crippen LogP contribution in [-0.4, -0.2) is 0 Å². The zero-order valence-electron chi connectivity index (χ0n) is 14.7. The largest absolute Gasteiger partial charge is 0.204 e. The van der Waals surface area contributed by atoms with Gasteiger partial charge in [0, 0.05) is 0 Å². The summed E-state index contributed by atoms with van der Waals surface area (Å²) < 4.78 is 40.0. The Bertz CT molecular complexity index is 515. The lowest BCUT2D eigenvalue weighted by molar-refractivity contribution is 0.203. The third-order valence-electron chi connectivity index (χ3n) is 6.53. The van der Waals surface area contributed by atoms with Crippen LogP contribution in [-0.2, 0) is 0 Å². The Kier molecular flexibility index (Phi) is 5.89. The van der Waals surface area contributed by atoms with Crippen molar-refractivity contribution < 1.29 is 13.2 Å². The van der Waals surface area contributed by atoms with Gasteiger partial charge in [-0.25, -0.2) is 13.2 Å². The van der Waals surface area contributed by atoms with E-state index in [1.807, 2.05) is 0 Å². The van der Waals surface area contributed by atoms with Gasteiger partial charge in [-0.05, 0) is 73.5 Å². The van der Waals surface area contributed by atoms with Crippen LogP contribution in [0, 0.1) is 35.2 Å². The molecule has 0 nitrogen and oxygen atoms in total. The van der Waals surface area contributed by atoms with Crippen LogP contribution in [0.2, 0.25) is 0 Å². The van der Waals surface area contributed by atoms with E-state index < -0.39 is 17.5 Å². The molecule has 0 unspecified atom stereocenters. The molecule has 1 aromatic rings. The molecule has 2 aliphatic rings. The van der Waals surface area contributed by atoms with Gasteiger partial charge in [-0.2, -0.15) is 0 Å². The second-order valence-electron chi connectivity index (χ2n) is 8.05. The minimum absolute atomic E-state index is 0.182. The number of hydrogen-bond acceptors (Lipinski definition) is 0. The molecule has 3 rings (SSSR count). The van der Waals surface area contributed by atoms with Gasteiger partial charge in [0.15, 0.2) is 17.5 Å². The van der Waals surface area contributed by atoms with Crippen molar-refractivity contribution in [3.05, 3.63) is 35.1 Å². The first-order valence-electron chi connectivity index (χ1n) is 9.71. The van der Waals surface area contributed by atoms with Crippen molar-refractivity contribution in [2.45, 2.75) is 77.0 Å². The Morgan fingerprint density at radius 3 is 1.71 bits per heavy atom. The zero-order valence-corrected chi connectivity index (χ0v) is 14.7. The average Bonchev–Trinajstić information content (AvgIpc) is 2.60. The Morgan fingerprint density at radius 2 is 1.21 bits per heavy atom. The third kappa shape index (κ3) is 4.15. The molecule has 0 saturated heterocycles. The predicted molar refractivity (Wildman–Crippen MR) is 91.4 cm³/mol. The molecule has 24 heavy (non-hydrogen) atoms. The minimum Gasteiger partial charge on any atom is -0.204 e. The Morgan fingerprint density at radius 1 is 0.750 bits per heavy atom.